The average Bonchev–Trinajstić information content (AvgIpc) is 3.43. The third-order valence-corrected chi connectivity index (χ3v) is 7.79. The molecule has 2 aromatic heterocycles. The first-order valence-corrected chi connectivity index (χ1v) is 13.9. The van der Waals surface area contributed by atoms with Crippen molar-refractivity contribution >= 4 is 23.3 Å². The molecular formula is C31H32F3N5O3. The maximum absolute atomic E-state index is 14.2. The van der Waals surface area contributed by atoms with Crippen LogP contribution in [0, 0.1) is 23.4 Å². The number of hydrogen-bond donors (Lipinski definition) is 0. The minimum absolute atomic E-state index is 0.0497. The number of rotatable bonds is 8. The van der Waals surface area contributed by atoms with Crippen molar-refractivity contribution in [2.24, 2.45) is 5.92 Å². The van der Waals surface area contributed by atoms with Crippen molar-refractivity contribution in [1.29, 1.82) is 0 Å². The summed E-state index contributed by atoms with van der Waals surface area (Å²) in [6.07, 6.45) is 1.67. The molecule has 0 bridgehead atoms. The Hall–Kier alpha value is -4.41. The van der Waals surface area contributed by atoms with Crippen LogP contribution in [0.1, 0.15) is 55.2 Å². The van der Waals surface area contributed by atoms with Crippen LogP contribution in [0.2, 0.25) is 0 Å². The molecule has 0 radical (unpaired) electrons. The maximum atomic E-state index is 14.2. The third-order valence-electron chi connectivity index (χ3n) is 7.79. The maximum Gasteiger partial charge on any atom is 0.306 e. The minimum atomic E-state index is -1.56. The summed E-state index contributed by atoms with van der Waals surface area (Å²) in [6, 6.07) is 14.5. The van der Waals surface area contributed by atoms with Crippen LogP contribution in [0.5, 0.6) is 0 Å². The first-order valence-electron chi connectivity index (χ1n) is 13.9. The van der Waals surface area contributed by atoms with Gasteiger partial charge >= 0.3 is 5.97 Å². The number of likely N-dealkylation sites (tertiary alicyclic amines) is 1. The topological polar surface area (TPSA) is 80.0 Å². The number of fused-ring (bicyclic) bond motifs is 1. The molecule has 11 heteroatoms. The summed E-state index contributed by atoms with van der Waals surface area (Å²) in [6.45, 7) is 5.05. The molecule has 1 fully saturated rings. The zero-order valence-corrected chi connectivity index (χ0v) is 23.7. The molecule has 2 aromatic carbocycles. The van der Waals surface area contributed by atoms with E-state index in [0.717, 1.165) is 17.7 Å². The van der Waals surface area contributed by atoms with Crippen molar-refractivity contribution in [2.75, 3.05) is 31.6 Å². The van der Waals surface area contributed by atoms with Gasteiger partial charge in [0.25, 0.3) is 5.91 Å². The fourth-order valence-corrected chi connectivity index (χ4v) is 5.28. The van der Waals surface area contributed by atoms with Crippen LogP contribution in [0.3, 0.4) is 0 Å². The van der Waals surface area contributed by atoms with Crippen LogP contribution in [-0.2, 0) is 9.53 Å². The van der Waals surface area contributed by atoms with Gasteiger partial charge in [-0.15, -0.1) is 0 Å². The fraction of sp³-hybridized carbons (Fsp3) is 0.355. The van der Waals surface area contributed by atoms with Crippen LogP contribution in [-0.4, -0.2) is 58.1 Å². The van der Waals surface area contributed by atoms with E-state index in [0.29, 0.717) is 50.4 Å². The molecule has 1 amide bonds. The lowest BCUT2D eigenvalue weighted by molar-refractivity contribution is -0.144. The number of ether oxygens (including phenoxy) is 1. The summed E-state index contributed by atoms with van der Waals surface area (Å²) >= 11 is 0. The quantitative estimate of drug-likeness (QED) is 0.194. The van der Waals surface area contributed by atoms with Crippen LogP contribution in [0.4, 0.5) is 19.0 Å². The molecule has 220 valence electrons. The smallest absolute Gasteiger partial charge is 0.306 e. The second-order valence-corrected chi connectivity index (χ2v) is 10.5. The summed E-state index contributed by atoms with van der Waals surface area (Å²) in [7, 11) is 1.85. The minimum Gasteiger partial charge on any atom is -0.466 e. The molecule has 3 heterocycles. The van der Waals surface area contributed by atoms with E-state index in [2.05, 4.69) is 10.1 Å². The van der Waals surface area contributed by atoms with Crippen molar-refractivity contribution in [3.8, 4) is 11.3 Å². The number of benzene rings is 2. The van der Waals surface area contributed by atoms with Crippen LogP contribution in [0.25, 0.3) is 16.9 Å². The Balaban J connectivity index is 1.49. The van der Waals surface area contributed by atoms with E-state index in [1.54, 1.807) is 17.9 Å². The SMILES string of the molecule is CCOC(=O)CC1CCN(C(=O)c2cc3nc(-c4cc(F)c(F)c(F)c4)cc(N(C)[C@@H](C)c4ccccc4)n3n2)CC1. The van der Waals surface area contributed by atoms with Gasteiger partial charge in [-0.25, -0.2) is 18.2 Å². The van der Waals surface area contributed by atoms with Crippen LogP contribution < -0.4 is 4.90 Å². The Morgan fingerprint density at radius 3 is 2.36 bits per heavy atom. The highest BCUT2D eigenvalue weighted by atomic mass is 19.2. The van der Waals surface area contributed by atoms with Crippen molar-refractivity contribution < 1.29 is 27.5 Å². The molecule has 1 aliphatic heterocycles. The number of carbonyl (C=O) groups is 2. The highest BCUT2D eigenvalue weighted by molar-refractivity contribution is 5.93. The van der Waals surface area contributed by atoms with E-state index in [1.807, 2.05) is 49.2 Å². The van der Waals surface area contributed by atoms with Gasteiger partial charge in [0.05, 0.1) is 18.3 Å². The number of carbonyl (C=O) groups excluding carboxylic acids is 2. The predicted octanol–water partition coefficient (Wildman–Crippen LogP) is 5.82. The van der Waals surface area contributed by atoms with E-state index in [-0.39, 0.29) is 40.8 Å². The van der Waals surface area contributed by atoms with Gasteiger partial charge in [0.1, 0.15) is 5.82 Å². The molecule has 0 aliphatic carbocycles. The standard InChI is InChI=1S/C31H32F3N5O3/c1-4-42-29(40)14-20-10-12-38(13-11-20)31(41)26-17-27-35-25(22-15-23(32)30(34)24(33)16-22)18-28(39(27)36-26)37(3)19(2)21-8-6-5-7-9-21/h5-9,15-20H,4,10-14H2,1-3H3/t19-/m0/s1. The molecule has 5 rings (SSSR count). The number of anilines is 1. The van der Waals surface area contributed by atoms with Gasteiger partial charge in [0.15, 0.2) is 28.8 Å². The predicted molar refractivity (Wildman–Crippen MR) is 151 cm³/mol. The van der Waals surface area contributed by atoms with Gasteiger partial charge in [-0.1, -0.05) is 30.3 Å². The van der Waals surface area contributed by atoms with Crippen molar-refractivity contribution in [3.63, 3.8) is 0 Å². The van der Waals surface area contributed by atoms with E-state index < -0.39 is 17.5 Å². The van der Waals surface area contributed by atoms with E-state index in [4.69, 9.17) is 4.74 Å². The van der Waals surface area contributed by atoms with Crippen molar-refractivity contribution in [3.05, 3.63) is 83.3 Å². The molecule has 0 N–H and O–H groups in total. The van der Waals surface area contributed by atoms with Gasteiger partial charge in [-0.2, -0.15) is 9.61 Å². The largest absolute Gasteiger partial charge is 0.466 e. The molecule has 4 aromatic rings. The number of aromatic nitrogens is 3. The molecular weight excluding hydrogens is 547 g/mol. The summed E-state index contributed by atoms with van der Waals surface area (Å²) in [4.78, 5) is 33.5. The first-order chi connectivity index (χ1) is 20.2. The lowest BCUT2D eigenvalue weighted by Crippen LogP contribution is -2.39. The number of hydrogen-bond acceptors (Lipinski definition) is 6. The van der Waals surface area contributed by atoms with Gasteiger partial charge in [0, 0.05) is 44.3 Å². The highest BCUT2D eigenvalue weighted by Crippen LogP contribution is 2.31. The molecule has 0 unspecified atom stereocenters. The molecule has 0 saturated carbocycles. The Kier molecular flexibility index (Phi) is 8.46. The monoisotopic (exact) mass is 579 g/mol. The first kappa shape index (κ1) is 29.1. The van der Waals surface area contributed by atoms with Gasteiger partial charge in [0.2, 0.25) is 0 Å². The fourth-order valence-electron chi connectivity index (χ4n) is 5.28. The number of amides is 1. The van der Waals surface area contributed by atoms with Gasteiger partial charge in [-0.05, 0) is 50.3 Å². The number of nitrogens with zero attached hydrogens (tertiary/aromatic N) is 5. The Morgan fingerprint density at radius 2 is 1.71 bits per heavy atom. The van der Waals surface area contributed by atoms with Crippen molar-refractivity contribution in [1.82, 2.24) is 19.5 Å². The molecule has 8 nitrogen and oxygen atoms in total. The molecule has 1 atom stereocenters. The van der Waals surface area contributed by atoms with Crippen molar-refractivity contribution in [2.45, 2.75) is 39.2 Å². The Morgan fingerprint density at radius 1 is 1.05 bits per heavy atom. The van der Waals surface area contributed by atoms with Crippen LogP contribution in [0.15, 0.2) is 54.6 Å². The number of esters is 1. The summed E-state index contributed by atoms with van der Waals surface area (Å²) in [5, 5.41) is 4.60. The lowest BCUT2D eigenvalue weighted by atomic mass is 9.93. The van der Waals surface area contributed by atoms with Crippen LogP contribution >= 0.6 is 0 Å². The van der Waals surface area contributed by atoms with E-state index >= 15 is 0 Å². The van der Waals surface area contributed by atoms with E-state index in [9.17, 15) is 22.8 Å². The zero-order valence-electron chi connectivity index (χ0n) is 23.7. The normalized spacial score (nSPS) is 14.7. The average molecular weight is 580 g/mol. The van der Waals surface area contributed by atoms with E-state index in [1.165, 1.54) is 10.6 Å². The van der Waals surface area contributed by atoms with Gasteiger partial charge < -0.3 is 14.5 Å². The molecule has 42 heavy (non-hydrogen) atoms. The second kappa shape index (κ2) is 12.2. The molecule has 1 aliphatic rings. The summed E-state index contributed by atoms with van der Waals surface area (Å²) in [5.41, 5.74) is 1.72. The molecule has 1 saturated heterocycles. The number of halogens is 3. The zero-order chi connectivity index (χ0) is 30.0. The Bertz CT molecular complexity index is 1580. The highest BCUT2D eigenvalue weighted by Gasteiger charge is 2.28. The summed E-state index contributed by atoms with van der Waals surface area (Å²) in [5.74, 6) is -4.05. The molecule has 0 spiro atoms. The summed E-state index contributed by atoms with van der Waals surface area (Å²) < 4.78 is 48.6. The second-order valence-electron chi connectivity index (χ2n) is 10.5. The Labute approximate surface area is 241 Å². The number of piperidine rings is 1. The lowest BCUT2D eigenvalue weighted by Gasteiger charge is -2.31. The van der Waals surface area contributed by atoms with Gasteiger partial charge in [-0.3, -0.25) is 9.59 Å². The third kappa shape index (κ3) is 5.95.